The molecular weight excluding hydrogens is 464 g/mol. The lowest BCUT2D eigenvalue weighted by atomic mass is 10.1. The normalized spacial score (nSPS) is 12.2. The number of nitrogens with one attached hydrogen (secondary N) is 1. The fourth-order valence-corrected chi connectivity index (χ4v) is 3.61. The van der Waals surface area contributed by atoms with Crippen LogP contribution in [0, 0.1) is 0 Å². The number of hydrogen-bond acceptors (Lipinski definition) is 7. The second-order valence-corrected chi connectivity index (χ2v) is 7.80. The molecule has 182 valence electrons. The Kier molecular flexibility index (Phi) is 7.20. The average Bonchev–Trinajstić information content (AvgIpc) is 3.16. The number of esters is 2. The third-order valence-electron chi connectivity index (χ3n) is 5.44. The zero-order chi connectivity index (χ0) is 25.7. The Bertz CT molecular complexity index is 1300. The number of ether oxygens (including phenoxy) is 2. The molecule has 1 heterocycles. The summed E-state index contributed by atoms with van der Waals surface area (Å²) < 4.78 is 10.1. The molecule has 4 rings (SSSR count). The minimum absolute atomic E-state index is 0.0210. The quantitative estimate of drug-likeness (QED) is 0.384. The van der Waals surface area contributed by atoms with Gasteiger partial charge in [-0.05, 0) is 61.0 Å². The second-order valence-electron chi connectivity index (χ2n) is 7.80. The van der Waals surface area contributed by atoms with Crippen molar-refractivity contribution in [2.45, 2.75) is 13.5 Å². The Hall–Kier alpha value is -4.79. The maximum atomic E-state index is 12.6. The van der Waals surface area contributed by atoms with E-state index in [4.69, 9.17) is 9.47 Å². The zero-order valence-electron chi connectivity index (χ0n) is 19.4. The Labute approximate surface area is 206 Å². The maximum Gasteiger partial charge on any atom is 0.338 e. The minimum Gasteiger partial charge on any atom is -0.462 e. The lowest BCUT2D eigenvalue weighted by Crippen LogP contribution is -2.31. The number of hydrogen-bond donors (Lipinski definition) is 1. The van der Waals surface area contributed by atoms with Crippen LogP contribution >= 0.6 is 0 Å². The highest BCUT2D eigenvalue weighted by molar-refractivity contribution is 6.34. The van der Waals surface area contributed by atoms with Crippen LogP contribution in [0.4, 0.5) is 5.69 Å². The van der Waals surface area contributed by atoms with Crippen molar-refractivity contribution in [1.82, 2.24) is 5.32 Å². The van der Waals surface area contributed by atoms with Gasteiger partial charge in [0.05, 0.1) is 29.0 Å². The number of amides is 3. The third-order valence-corrected chi connectivity index (χ3v) is 5.44. The summed E-state index contributed by atoms with van der Waals surface area (Å²) in [6.07, 6.45) is 0. The molecule has 0 aromatic heterocycles. The van der Waals surface area contributed by atoms with E-state index in [0.29, 0.717) is 27.9 Å². The van der Waals surface area contributed by atoms with E-state index in [1.807, 2.05) is 0 Å². The standard InChI is InChI=1S/C27H22N2O7/c1-2-35-27(34)19-9-7-17(8-10-19)16-36-23(30)15-28-24(31)18-11-13-20(14-12-18)29-25(32)21-5-3-4-6-22(21)26(29)33/h3-14H,2,15-16H2,1H3,(H,28,31). The summed E-state index contributed by atoms with van der Waals surface area (Å²) in [6.45, 7) is 1.63. The van der Waals surface area contributed by atoms with Crippen molar-refractivity contribution >= 4 is 35.3 Å². The molecule has 0 bridgehead atoms. The maximum absolute atomic E-state index is 12.6. The number of nitrogens with zero attached hydrogens (tertiary/aromatic N) is 1. The van der Waals surface area contributed by atoms with Crippen molar-refractivity contribution in [3.05, 3.63) is 101 Å². The summed E-state index contributed by atoms with van der Waals surface area (Å²) in [5.74, 6) is -2.43. The van der Waals surface area contributed by atoms with Gasteiger partial charge in [0.25, 0.3) is 17.7 Å². The highest BCUT2D eigenvalue weighted by Gasteiger charge is 2.36. The van der Waals surface area contributed by atoms with Gasteiger partial charge in [0.2, 0.25) is 0 Å². The van der Waals surface area contributed by atoms with Crippen LogP contribution in [-0.2, 0) is 20.9 Å². The molecule has 0 fully saturated rings. The highest BCUT2D eigenvalue weighted by atomic mass is 16.5. The van der Waals surface area contributed by atoms with Crippen LogP contribution < -0.4 is 10.2 Å². The molecule has 0 spiro atoms. The summed E-state index contributed by atoms with van der Waals surface area (Å²) in [5.41, 5.74) is 2.32. The lowest BCUT2D eigenvalue weighted by molar-refractivity contribution is -0.143. The van der Waals surface area contributed by atoms with Crippen LogP contribution in [-0.4, -0.2) is 42.8 Å². The fraction of sp³-hybridized carbons (Fsp3) is 0.148. The van der Waals surface area contributed by atoms with Crippen LogP contribution in [0.5, 0.6) is 0 Å². The summed E-state index contributed by atoms with van der Waals surface area (Å²) in [5, 5.41) is 2.47. The predicted molar refractivity (Wildman–Crippen MR) is 129 cm³/mol. The Morgan fingerprint density at radius 2 is 1.36 bits per heavy atom. The largest absolute Gasteiger partial charge is 0.462 e. The van der Waals surface area contributed by atoms with Gasteiger partial charge in [-0.2, -0.15) is 0 Å². The van der Waals surface area contributed by atoms with E-state index in [1.165, 1.54) is 24.3 Å². The van der Waals surface area contributed by atoms with Crippen LogP contribution in [0.1, 0.15) is 53.9 Å². The summed E-state index contributed by atoms with van der Waals surface area (Å²) in [6, 6.07) is 18.9. The fourth-order valence-electron chi connectivity index (χ4n) is 3.61. The topological polar surface area (TPSA) is 119 Å². The van der Waals surface area contributed by atoms with Crippen molar-refractivity contribution in [3.8, 4) is 0 Å². The van der Waals surface area contributed by atoms with Gasteiger partial charge in [-0.25, -0.2) is 9.69 Å². The third kappa shape index (κ3) is 5.15. The summed E-state index contributed by atoms with van der Waals surface area (Å²) in [4.78, 5) is 62.4. The van der Waals surface area contributed by atoms with Crippen LogP contribution in [0.3, 0.4) is 0 Å². The van der Waals surface area contributed by atoms with Gasteiger partial charge in [0.1, 0.15) is 13.2 Å². The molecule has 0 atom stereocenters. The molecule has 0 unspecified atom stereocenters. The van der Waals surface area contributed by atoms with Crippen molar-refractivity contribution in [3.63, 3.8) is 0 Å². The van der Waals surface area contributed by atoms with Gasteiger partial charge < -0.3 is 14.8 Å². The molecule has 1 aliphatic heterocycles. The summed E-state index contributed by atoms with van der Waals surface area (Å²) in [7, 11) is 0. The first kappa shape index (κ1) is 24.3. The molecule has 9 nitrogen and oxygen atoms in total. The molecule has 3 aromatic carbocycles. The van der Waals surface area contributed by atoms with E-state index in [-0.39, 0.29) is 25.3 Å². The minimum atomic E-state index is -0.638. The first-order chi connectivity index (χ1) is 17.4. The van der Waals surface area contributed by atoms with Gasteiger partial charge in [-0.15, -0.1) is 0 Å². The number of fused-ring (bicyclic) bond motifs is 1. The van der Waals surface area contributed by atoms with Crippen molar-refractivity contribution in [2.24, 2.45) is 0 Å². The van der Waals surface area contributed by atoms with Gasteiger partial charge >= 0.3 is 11.9 Å². The number of carbonyl (C=O) groups is 5. The van der Waals surface area contributed by atoms with Crippen molar-refractivity contribution in [2.75, 3.05) is 18.1 Å². The molecule has 0 saturated carbocycles. The highest BCUT2D eigenvalue weighted by Crippen LogP contribution is 2.28. The first-order valence-corrected chi connectivity index (χ1v) is 11.2. The Morgan fingerprint density at radius 3 is 1.94 bits per heavy atom. The smallest absolute Gasteiger partial charge is 0.338 e. The van der Waals surface area contributed by atoms with Crippen molar-refractivity contribution in [1.29, 1.82) is 0 Å². The van der Waals surface area contributed by atoms with E-state index < -0.39 is 29.7 Å². The SMILES string of the molecule is CCOC(=O)c1ccc(COC(=O)CNC(=O)c2ccc(N3C(=O)c4ccccc4C3=O)cc2)cc1. The Balaban J connectivity index is 1.27. The average molecular weight is 486 g/mol. The monoisotopic (exact) mass is 486 g/mol. The van der Waals surface area contributed by atoms with Gasteiger partial charge in [-0.3, -0.25) is 19.2 Å². The van der Waals surface area contributed by atoms with Gasteiger partial charge in [0, 0.05) is 5.56 Å². The molecule has 3 aromatic rings. The predicted octanol–water partition coefficient (Wildman–Crippen LogP) is 3.14. The number of carbonyl (C=O) groups excluding carboxylic acids is 5. The van der Waals surface area contributed by atoms with E-state index in [9.17, 15) is 24.0 Å². The van der Waals surface area contributed by atoms with Crippen molar-refractivity contribution < 1.29 is 33.4 Å². The molecule has 36 heavy (non-hydrogen) atoms. The van der Waals surface area contributed by atoms with Gasteiger partial charge in [-0.1, -0.05) is 24.3 Å². The molecule has 0 radical (unpaired) electrons. The van der Waals surface area contributed by atoms with Crippen LogP contribution in [0.15, 0.2) is 72.8 Å². The van der Waals surface area contributed by atoms with E-state index in [0.717, 1.165) is 4.90 Å². The second kappa shape index (κ2) is 10.6. The van der Waals surface area contributed by atoms with E-state index in [1.54, 1.807) is 55.5 Å². The van der Waals surface area contributed by atoms with Crippen LogP contribution in [0.2, 0.25) is 0 Å². The molecule has 3 amide bonds. The lowest BCUT2D eigenvalue weighted by Gasteiger charge is -2.14. The molecular formula is C27H22N2O7. The molecule has 0 saturated heterocycles. The number of rotatable bonds is 8. The van der Waals surface area contributed by atoms with E-state index >= 15 is 0 Å². The molecule has 0 aliphatic carbocycles. The zero-order valence-corrected chi connectivity index (χ0v) is 19.4. The van der Waals surface area contributed by atoms with Gasteiger partial charge in [0.15, 0.2) is 0 Å². The molecule has 9 heteroatoms. The Morgan fingerprint density at radius 1 is 0.778 bits per heavy atom. The molecule has 1 N–H and O–H groups in total. The van der Waals surface area contributed by atoms with E-state index in [2.05, 4.69) is 5.32 Å². The van der Waals surface area contributed by atoms with Crippen LogP contribution in [0.25, 0.3) is 0 Å². The number of benzene rings is 3. The molecule has 1 aliphatic rings. The number of imide groups is 1. The summed E-state index contributed by atoms with van der Waals surface area (Å²) >= 11 is 0. The number of anilines is 1. The first-order valence-electron chi connectivity index (χ1n) is 11.2.